The molecule has 254 valence electrons. The van der Waals surface area contributed by atoms with Crippen molar-refractivity contribution < 1.29 is 0 Å². The SMILES string of the molecule is Cc1cc(N(c2ccc(-c3ccc4c(c3)c3ccccc3n4-c3ccccc3)cc2)c2ccc3c(c2)C(C)(C)c2ccccc2-3)ccc1-n1cccc1. The predicted molar refractivity (Wildman–Crippen MR) is 223 cm³/mol. The molecule has 7 aromatic carbocycles. The van der Waals surface area contributed by atoms with Crippen LogP contribution >= 0.6 is 0 Å². The van der Waals surface area contributed by atoms with Crippen LogP contribution in [0, 0.1) is 6.92 Å². The molecule has 53 heavy (non-hydrogen) atoms. The van der Waals surface area contributed by atoms with E-state index in [-0.39, 0.29) is 5.41 Å². The first-order chi connectivity index (χ1) is 26.0. The van der Waals surface area contributed by atoms with Crippen molar-refractivity contribution in [3.63, 3.8) is 0 Å². The minimum Gasteiger partial charge on any atom is -0.324 e. The second-order valence-electron chi connectivity index (χ2n) is 14.8. The number of para-hydroxylation sites is 2. The Morgan fingerprint density at radius 1 is 0.472 bits per heavy atom. The average Bonchev–Trinajstić information content (AvgIpc) is 3.90. The van der Waals surface area contributed by atoms with Crippen molar-refractivity contribution in [3.05, 3.63) is 199 Å². The normalized spacial score (nSPS) is 13.0. The summed E-state index contributed by atoms with van der Waals surface area (Å²) in [6.07, 6.45) is 4.21. The summed E-state index contributed by atoms with van der Waals surface area (Å²) in [5.41, 5.74) is 17.1. The summed E-state index contributed by atoms with van der Waals surface area (Å²) >= 11 is 0. The van der Waals surface area contributed by atoms with Crippen LogP contribution in [0.2, 0.25) is 0 Å². The zero-order valence-corrected chi connectivity index (χ0v) is 30.2. The Hall–Kier alpha value is -6.58. The molecular formula is C50H39N3. The van der Waals surface area contributed by atoms with Crippen molar-refractivity contribution in [1.29, 1.82) is 0 Å². The fourth-order valence-corrected chi connectivity index (χ4v) is 8.65. The van der Waals surface area contributed by atoms with Gasteiger partial charge in [0.15, 0.2) is 0 Å². The van der Waals surface area contributed by atoms with Crippen molar-refractivity contribution in [2.45, 2.75) is 26.2 Å². The van der Waals surface area contributed by atoms with Gasteiger partial charge in [0.25, 0.3) is 0 Å². The molecule has 0 aliphatic heterocycles. The average molecular weight is 682 g/mol. The Labute approximate surface area is 310 Å². The van der Waals surface area contributed by atoms with Crippen molar-refractivity contribution in [3.8, 4) is 33.6 Å². The molecule has 10 rings (SSSR count). The van der Waals surface area contributed by atoms with E-state index in [1.54, 1.807) is 0 Å². The van der Waals surface area contributed by atoms with E-state index >= 15 is 0 Å². The number of nitrogens with zero attached hydrogens (tertiary/aromatic N) is 3. The lowest BCUT2D eigenvalue weighted by Gasteiger charge is -2.29. The number of rotatable bonds is 6. The van der Waals surface area contributed by atoms with Gasteiger partial charge in [0.05, 0.1) is 11.0 Å². The van der Waals surface area contributed by atoms with Gasteiger partial charge < -0.3 is 14.0 Å². The fourth-order valence-electron chi connectivity index (χ4n) is 8.65. The van der Waals surface area contributed by atoms with Gasteiger partial charge in [-0.3, -0.25) is 0 Å². The number of aryl methyl sites for hydroxylation is 1. The van der Waals surface area contributed by atoms with E-state index in [1.807, 2.05) is 0 Å². The molecule has 0 bridgehead atoms. The fraction of sp³-hybridized carbons (Fsp3) is 0.0800. The van der Waals surface area contributed by atoms with Crippen LogP contribution < -0.4 is 4.90 Å². The number of aromatic nitrogens is 2. The van der Waals surface area contributed by atoms with E-state index in [9.17, 15) is 0 Å². The van der Waals surface area contributed by atoms with Gasteiger partial charge in [0.2, 0.25) is 0 Å². The lowest BCUT2D eigenvalue weighted by molar-refractivity contribution is 0.660. The summed E-state index contributed by atoms with van der Waals surface area (Å²) < 4.78 is 4.55. The molecule has 1 aliphatic carbocycles. The first kappa shape index (κ1) is 31.2. The van der Waals surface area contributed by atoms with E-state index in [0.717, 1.165) is 17.1 Å². The van der Waals surface area contributed by atoms with Gasteiger partial charge in [-0.2, -0.15) is 0 Å². The largest absolute Gasteiger partial charge is 0.324 e. The molecule has 0 spiro atoms. The van der Waals surface area contributed by atoms with E-state index in [4.69, 9.17) is 0 Å². The smallest absolute Gasteiger partial charge is 0.0541 e. The minimum absolute atomic E-state index is 0.0893. The monoisotopic (exact) mass is 681 g/mol. The summed E-state index contributed by atoms with van der Waals surface area (Å²) in [6.45, 7) is 6.91. The lowest BCUT2D eigenvalue weighted by atomic mass is 9.82. The van der Waals surface area contributed by atoms with Crippen LogP contribution in [0.1, 0.15) is 30.5 Å². The molecule has 0 radical (unpaired) electrons. The Morgan fingerprint density at radius 2 is 1.11 bits per heavy atom. The molecule has 0 saturated carbocycles. The van der Waals surface area contributed by atoms with E-state index in [0.29, 0.717) is 0 Å². The molecule has 9 aromatic rings. The molecule has 0 fully saturated rings. The van der Waals surface area contributed by atoms with Gasteiger partial charge in [-0.05, 0) is 131 Å². The molecule has 2 aromatic heterocycles. The van der Waals surface area contributed by atoms with Crippen LogP contribution in [0.5, 0.6) is 0 Å². The third-order valence-corrected chi connectivity index (χ3v) is 11.3. The van der Waals surface area contributed by atoms with Crippen LogP contribution in [-0.4, -0.2) is 9.13 Å². The highest BCUT2D eigenvalue weighted by Gasteiger charge is 2.35. The summed E-state index contributed by atoms with van der Waals surface area (Å²) in [4.78, 5) is 2.41. The van der Waals surface area contributed by atoms with Gasteiger partial charge >= 0.3 is 0 Å². The Balaban J connectivity index is 1.08. The Bertz CT molecular complexity index is 2800. The lowest BCUT2D eigenvalue weighted by Crippen LogP contribution is -2.16. The highest BCUT2D eigenvalue weighted by Crippen LogP contribution is 2.50. The van der Waals surface area contributed by atoms with Crippen LogP contribution in [0.25, 0.3) is 55.4 Å². The van der Waals surface area contributed by atoms with Crippen LogP contribution in [0.15, 0.2) is 182 Å². The second-order valence-corrected chi connectivity index (χ2v) is 14.8. The van der Waals surface area contributed by atoms with Crippen molar-refractivity contribution in [1.82, 2.24) is 9.13 Å². The van der Waals surface area contributed by atoms with E-state index in [2.05, 4.69) is 217 Å². The topological polar surface area (TPSA) is 13.1 Å². The van der Waals surface area contributed by atoms with Gasteiger partial charge in [0.1, 0.15) is 0 Å². The van der Waals surface area contributed by atoms with E-state index < -0.39 is 0 Å². The van der Waals surface area contributed by atoms with Gasteiger partial charge in [-0.25, -0.2) is 0 Å². The molecule has 0 unspecified atom stereocenters. The zero-order valence-electron chi connectivity index (χ0n) is 30.2. The third-order valence-electron chi connectivity index (χ3n) is 11.3. The molecular weight excluding hydrogens is 643 g/mol. The van der Waals surface area contributed by atoms with Gasteiger partial charge in [-0.1, -0.05) is 98.8 Å². The molecule has 1 aliphatic rings. The number of anilines is 3. The predicted octanol–water partition coefficient (Wildman–Crippen LogP) is 13.3. The number of benzene rings is 7. The van der Waals surface area contributed by atoms with Crippen molar-refractivity contribution in [2.24, 2.45) is 0 Å². The van der Waals surface area contributed by atoms with Gasteiger partial charge in [0, 0.05) is 57.0 Å². The molecule has 0 N–H and O–H groups in total. The summed E-state index contributed by atoms with van der Waals surface area (Å²) in [7, 11) is 0. The van der Waals surface area contributed by atoms with Crippen LogP contribution in [-0.2, 0) is 5.41 Å². The first-order valence-electron chi connectivity index (χ1n) is 18.4. The summed E-state index contributed by atoms with van der Waals surface area (Å²) in [5, 5.41) is 2.52. The zero-order chi connectivity index (χ0) is 35.7. The highest BCUT2D eigenvalue weighted by molar-refractivity contribution is 6.10. The van der Waals surface area contributed by atoms with E-state index in [1.165, 1.54) is 72.1 Å². The first-order valence-corrected chi connectivity index (χ1v) is 18.4. The number of hydrogen-bond donors (Lipinski definition) is 0. The quantitative estimate of drug-likeness (QED) is 0.170. The maximum Gasteiger partial charge on any atom is 0.0541 e. The third kappa shape index (κ3) is 4.96. The Morgan fingerprint density at radius 3 is 1.92 bits per heavy atom. The molecule has 3 heteroatoms. The molecule has 2 heterocycles. The maximum atomic E-state index is 2.41. The summed E-state index contributed by atoms with van der Waals surface area (Å²) in [6, 6.07) is 62.2. The molecule has 0 saturated heterocycles. The standard InChI is InChI=1S/C50H39N3/c1-34-31-39(25-28-47(34)51-29-11-12-30-51)52(40-24-26-42-41-15-7-9-17-45(41)50(2,3)46(42)33-40)38-22-19-35(20-23-38)36-21-27-49-44(32-36)43-16-8-10-18-48(43)53(49)37-13-5-4-6-14-37/h4-33H,1-3H3. The molecule has 3 nitrogen and oxygen atoms in total. The maximum absolute atomic E-state index is 2.41. The van der Waals surface area contributed by atoms with Crippen molar-refractivity contribution in [2.75, 3.05) is 4.90 Å². The Kier molecular flexibility index (Phi) is 7.06. The minimum atomic E-state index is -0.0893. The number of hydrogen-bond acceptors (Lipinski definition) is 1. The number of fused-ring (bicyclic) bond motifs is 6. The highest BCUT2D eigenvalue weighted by atomic mass is 15.1. The summed E-state index contributed by atoms with van der Waals surface area (Å²) in [5.74, 6) is 0. The second kappa shape index (κ2) is 12.0. The molecule has 0 amide bonds. The van der Waals surface area contributed by atoms with Crippen LogP contribution in [0.3, 0.4) is 0 Å². The molecule has 0 atom stereocenters. The van der Waals surface area contributed by atoms with Crippen molar-refractivity contribution >= 4 is 38.9 Å². The van der Waals surface area contributed by atoms with Gasteiger partial charge in [-0.15, -0.1) is 0 Å². The van der Waals surface area contributed by atoms with Crippen LogP contribution in [0.4, 0.5) is 17.1 Å².